The molecule has 3 aliphatic rings. The summed E-state index contributed by atoms with van der Waals surface area (Å²) in [6.07, 6.45) is 12.2. The standard InChI is InChI=1S/C26H34N4O2/c1-31-22-17-19-21(18-23(22)32-16-6-14-29-12-4-5-13-29)28-20-7-11-27-25(24(19)20)30-15-10-26(30)8-2-3-9-26/h7,11,17-18,28H,2-6,8-10,12-16H2,1H3. The van der Waals surface area contributed by atoms with Gasteiger partial charge < -0.3 is 24.3 Å². The zero-order chi connectivity index (χ0) is 21.5. The van der Waals surface area contributed by atoms with Gasteiger partial charge in [-0.1, -0.05) is 12.8 Å². The molecular formula is C26H34N4O2. The van der Waals surface area contributed by atoms with E-state index < -0.39 is 0 Å². The molecule has 3 aromatic rings. The minimum atomic E-state index is 0.341. The molecule has 0 unspecified atom stereocenters. The Morgan fingerprint density at radius 1 is 1.00 bits per heavy atom. The first-order valence-corrected chi connectivity index (χ1v) is 12.4. The number of nitrogens with one attached hydrogen (secondary N) is 1. The molecule has 2 aromatic heterocycles. The highest BCUT2D eigenvalue weighted by atomic mass is 16.5. The summed E-state index contributed by atoms with van der Waals surface area (Å²) in [7, 11) is 1.73. The van der Waals surface area contributed by atoms with E-state index >= 15 is 0 Å². The van der Waals surface area contributed by atoms with E-state index in [-0.39, 0.29) is 0 Å². The number of benzene rings is 1. The van der Waals surface area contributed by atoms with Gasteiger partial charge in [0.1, 0.15) is 5.82 Å². The van der Waals surface area contributed by atoms with Crippen LogP contribution in [-0.2, 0) is 0 Å². The van der Waals surface area contributed by atoms with E-state index in [2.05, 4.69) is 33.0 Å². The number of hydrogen-bond donors (Lipinski definition) is 1. The summed E-state index contributed by atoms with van der Waals surface area (Å²) in [4.78, 5) is 13.6. The first-order chi connectivity index (χ1) is 15.8. The van der Waals surface area contributed by atoms with E-state index in [1.165, 1.54) is 68.8 Å². The highest BCUT2D eigenvalue weighted by Gasteiger charge is 2.47. The van der Waals surface area contributed by atoms with Crippen LogP contribution >= 0.6 is 0 Å². The fourth-order valence-electron chi connectivity index (χ4n) is 6.21. The summed E-state index contributed by atoms with van der Waals surface area (Å²) < 4.78 is 11.9. The lowest BCUT2D eigenvalue weighted by Crippen LogP contribution is -2.58. The second-order valence-electron chi connectivity index (χ2n) is 9.81. The van der Waals surface area contributed by atoms with E-state index in [0.29, 0.717) is 12.1 Å². The number of fused-ring (bicyclic) bond motifs is 3. The van der Waals surface area contributed by atoms with Crippen LogP contribution in [0.4, 0.5) is 5.82 Å². The molecule has 0 amide bonds. The number of hydrogen-bond acceptors (Lipinski definition) is 5. The van der Waals surface area contributed by atoms with Gasteiger partial charge in [-0.25, -0.2) is 4.98 Å². The van der Waals surface area contributed by atoms with Crippen molar-refractivity contribution >= 4 is 27.6 Å². The van der Waals surface area contributed by atoms with E-state index in [0.717, 1.165) is 47.9 Å². The highest BCUT2D eigenvalue weighted by Crippen LogP contribution is 2.49. The third kappa shape index (κ3) is 3.31. The van der Waals surface area contributed by atoms with Gasteiger partial charge in [0, 0.05) is 36.3 Å². The van der Waals surface area contributed by atoms with Crippen molar-refractivity contribution in [2.24, 2.45) is 0 Å². The van der Waals surface area contributed by atoms with Gasteiger partial charge in [-0.2, -0.15) is 0 Å². The molecule has 6 nitrogen and oxygen atoms in total. The number of pyridine rings is 1. The smallest absolute Gasteiger partial charge is 0.163 e. The minimum absolute atomic E-state index is 0.341. The van der Waals surface area contributed by atoms with E-state index in [1.54, 1.807) is 7.11 Å². The number of nitrogens with zero attached hydrogens (tertiary/aromatic N) is 3. The topological polar surface area (TPSA) is 53.6 Å². The molecule has 2 saturated heterocycles. The normalized spacial score (nSPS) is 20.5. The molecule has 1 saturated carbocycles. The summed E-state index contributed by atoms with van der Waals surface area (Å²) in [6, 6.07) is 6.33. The molecule has 1 aromatic carbocycles. The van der Waals surface area contributed by atoms with E-state index in [9.17, 15) is 0 Å². The number of ether oxygens (including phenoxy) is 2. The van der Waals surface area contributed by atoms with Gasteiger partial charge in [0.05, 0.1) is 30.1 Å². The van der Waals surface area contributed by atoms with Crippen molar-refractivity contribution in [1.82, 2.24) is 14.9 Å². The Morgan fingerprint density at radius 3 is 2.59 bits per heavy atom. The second-order valence-corrected chi connectivity index (χ2v) is 9.81. The molecule has 6 rings (SSSR count). The SMILES string of the molecule is COc1cc2c(cc1OCCCN1CCCC1)[nH]c1ccnc(N3CCC34CCCC4)c12. The van der Waals surface area contributed by atoms with Crippen LogP contribution in [0.1, 0.15) is 51.4 Å². The average molecular weight is 435 g/mol. The minimum Gasteiger partial charge on any atom is -0.493 e. The highest BCUT2D eigenvalue weighted by molar-refractivity contribution is 6.13. The Morgan fingerprint density at radius 2 is 1.84 bits per heavy atom. The Balaban J connectivity index is 1.30. The van der Waals surface area contributed by atoms with Crippen LogP contribution in [0.5, 0.6) is 11.5 Å². The van der Waals surface area contributed by atoms with E-state index in [4.69, 9.17) is 14.5 Å². The van der Waals surface area contributed by atoms with Crippen LogP contribution in [-0.4, -0.2) is 60.3 Å². The van der Waals surface area contributed by atoms with Gasteiger partial charge in [-0.15, -0.1) is 0 Å². The maximum absolute atomic E-state index is 6.18. The van der Waals surface area contributed by atoms with Crippen molar-refractivity contribution < 1.29 is 9.47 Å². The molecule has 3 fully saturated rings. The zero-order valence-electron chi connectivity index (χ0n) is 19.2. The van der Waals surface area contributed by atoms with Crippen LogP contribution in [0.2, 0.25) is 0 Å². The molecule has 0 atom stereocenters. The van der Waals surface area contributed by atoms with Crippen LogP contribution < -0.4 is 14.4 Å². The summed E-state index contributed by atoms with van der Waals surface area (Å²) in [6.45, 7) is 5.40. The summed E-state index contributed by atoms with van der Waals surface area (Å²) in [5.74, 6) is 2.75. The van der Waals surface area contributed by atoms with Gasteiger partial charge in [0.15, 0.2) is 11.5 Å². The maximum Gasteiger partial charge on any atom is 0.163 e. The van der Waals surface area contributed by atoms with Crippen LogP contribution in [0.15, 0.2) is 24.4 Å². The predicted molar refractivity (Wildman–Crippen MR) is 129 cm³/mol. The molecule has 0 radical (unpaired) electrons. The monoisotopic (exact) mass is 434 g/mol. The second kappa shape index (κ2) is 8.14. The number of H-pyrrole nitrogens is 1. The van der Waals surface area contributed by atoms with Crippen molar-refractivity contribution in [2.75, 3.05) is 44.8 Å². The molecule has 1 aliphatic carbocycles. The number of likely N-dealkylation sites (tertiary alicyclic amines) is 1. The van der Waals surface area contributed by atoms with Crippen molar-refractivity contribution in [3.63, 3.8) is 0 Å². The number of rotatable bonds is 7. The number of methoxy groups -OCH3 is 1. The van der Waals surface area contributed by atoms with Gasteiger partial charge in [0.2, 0.25) is 0 Å². The first kappa shape index (κ1) is 20.2. The maximum atomic E-state index is 6.18. The van der Waals surface area contributed by atoms with E-state index in [1.807, 2.05) is 6.20 Å². The zero-order valence-corrected chi connectivity index (χ0v) is 19.2. The molecule has 2 aliphatic heterocycles. The first-order valence-electron chi connectivity index (χ1n) is 12.4. The predicted octanol–water partition coefficient (Wildman–Crippen LogP) is 5.11. The van der Waals surface area contributed by atoms with Crippen molar-refractivity contribution in [3.8, 4) is 11.5 Å². The quantitative estimate of drug-likeness (QED) is 0.524. The molecular weight excluding hydrogens is 400 g/mol. The van der Waals surface area contributed by atoms with Crippen LogP contribution in [0, 0.1) is 0 Å². The Hall–Kier alpha value is -2.47. The molecule has 32 heavy (non-hydrogen) atoms. The molecule has 1 N–H and O–H groups in total. The Labute approximate surface area is 189 Å². The molecule has 1 spiro atoms. The van der Waals surface area contributed by atoms with Crippen molar-refractivity contribution in [3.05, 3.63) is 24.4 Å². The fraction of sp³-hybridized carbons (Fsp3) is 0.577. The molecule has 6 heteroatoms. The lowest BCUT2D eigenvalue weighted by atomic mass is 9.82. The Kier molecular flexibility index (Phi) is 5.13. The summed E-state index contributed by atoms with van der Waals surface area (Å²) >= 11 is 0. The number of aromatic amines is 1. The van der Waals surface area contributed by atoms with Gasteiger partial charge in [-0.05, 0) is 63.7 Å². The number of anilines is 1. The van der Waals surface area contributed by atoms with Crippen molar-refractivity contribution in [2.45, 2.75) is 56.9 Å². The largest absolute Gasteiger partial charge is 0.493 e. The average Bonchev–Trinajstić information content (AvgIpc) is 3.56. The summed E-state index contributed by atoms with van der Waals surface area (Å²) in [5, 5.41) is 2.39. The molecule has 4 heterocycles. The van der Waals surface area contributed by atoms with Gasteiger partial charge in [0.25, 0.3) is 0 Å². The number of aromatic nitrogens is 2. The van der Waals surface area contributed by atoms with Gasteiger partial charge >= 0.3 is 0 Å². The lowest BCUT2D eigenvalue weighted by Gasteiger charge is -2.52. The third-order valence-corrected chi connectivity index (χ3v) is 8.01. The summed E-state index contributed by atoms with van der Waals surface area (Å²) in [5.41, 5.74) is 2.57. The van der Waals surface area contributed by atoms with Crippen LogP contribution in [0.3, 0.4) is 0 Å². The lowest BCUT2D eigenvalue weighted by molar-refractivity contribution is 0.254. The Bertz CT molecular complexity index is 1110. The fourth-order valence-corrected chi connectivity index (χ4v) is 6.21. The van der Waals surface area contributed by atoms with Crippen molar-refractivity contribution in [1.29, 1.82) is 0 Å². The molecule has 170 valence electrons. The van der Waals surface area contributed by atoms with Gasteiger partial charge in [-0.3, -0.25) is 0 Å². The molecule has 0 bridgehead atoms. The third-order valence-electron chi connectivity index (χ3n) is 8.01. The van der Waals surface area contributed by atoms with Crippen LogP contribution in [0.25, 0.3) is 21.8 Å².